The maximum Gasteiger partial charge on any atom is 0.229 e. The molecule has 3 rings (SSSR count). The van der Waals surface area contributed by atoms with E-state index in [1.165, 1.54) is 30.9 Å². The molecule has 2 aromatic carbocycles. The highest BCUT2D eigenvalue weighted by Crippen LogP contribution is 2.40. The Bertz CT molecular complexity index is 1020. The van der Waals surface area contributed by atoms with Crippen LogP contribution in [0.25, 0.3) is 0 Å². The molecule has 0 aliphatic carbocycles. The second-order valence-electron chi connectivity index (χ2n) is 6.81. The normalized spacial score (nSPS) is 15.5. The number of thioether (sulfide) groups is 1. The van der Waals surface area contributed by atoms with Crippen molar-refractivity contribution < 1.29 is 19.1 Å². The number of hydrogen-bond donors (Lipinski definition) is 1. The molecule has 31 heavy (non-hydrogen) atoms. The molecule has 0 saturated carbocycles. The van der Waals surface area contributed by atoms with Gasteiger partial charge in [-0.25, -0.2) is 0 Å². The number of carbonyl (C=O) groups excluding carboxylic acids is 2. The first-order chi connectivity index (χ1) is 15.0. The van der Waals surface area contributed by atoms with Crippen LogP contribution in [-0.2, 0) is 9.59 Å². The third-order valence-corrected chi connectivity index (χ3v) is 6.23. The summed E-state index contributed by atoms with van der Waals surface area (Å²) in [6.07, 6.45) is 0.508. The van der Waals surface area contributed by atoms with Crippen LogP contribution in [-0.4, -0.2) is 38.3 Å². The predicted octanol–water partition coefficient (Wildman–Crippen LogP) is 4.35. The van der Waals surface area contributed by atoms with Crippen LogP contribution in [0.2, 0.25) is 5.02 Å². The van der Waals surface area contributed by atoms with Crippen molar-refractivity contribution in [2.75, 3.05) is 36.7 Å². The summed E-state index contributed by atoms with van der Waals surface area (Å²) in [5.74, 6) is 0.579. The quantitative estimate of drug-likeness (QED) is 0.466. The standard InChI is InChI=1S/C22H22ClN3O4S/c1-29-18-12-19(30-2)17(11-15(18)23)26-13-14(10-21(26)27)22(28)25-16-6-3-4-7-20(16)31-9-5-8-24/h3-4,6-7,11-12,14H,5,9-10,13H2,1-2H3,(H,25,28)/t14-/m0/s1. The minimum absolute atomic E-state index is 0.0857. The van der Waals surface area contributed by atoms with Crippen LogP contribution in [0, 0.1) is 17.2 Å². The zero-order chi connectivity index (χ0) is 22.4. The minimum Gasteiger partial charge on any atom is -0.495 e. The minimum atomic E-state index is -0.518. The highest BCUT2D eigenvalue weighted by Gasteiger charge is 2.37. The van der Waals surface area contributed by atoms with E-state index >= 15 is 0 Å². The van der Waals surface area contributed by atoms with E-state index < -0.39 is 5.92 Å². The monoisotopic (exact) mass is 459 g/mol. The summed E-state index contributed by atoms with van der Waals surface area (Å²) in [6.45, 7) is 0.216. The van der Waals surface area contributed by atoms with Crippen LogP contribution in [0.4, 0.5) is 11.4 Å². The molecule has 0 radical (unpaired) electrons. The van der Waals surface area contributed by atoms with Crippen LogP contribution < -0.4 is 19.7 Å². The lowest BCUT2D eigenvalue weighted by atomic mass is 10.1. The number of ether oxygens (including phenoxy) is 2. The summed E-state index contributed by atoms with van der Waals surface area (Å²) in [5, 5.41) is 12.0. The Labute approximate surface area is 190 Å². The molecule has 1 heterocycles. The second kappa shape index (κ2) is 10.4. The van der Waals surface area contributed by atoms with Crippen molar-refractivity contribution in [2.24, 2.45) is 5.92 Å². The number of hydrogen-bond acceptors (Lipinski definition) is 6. The molecule has 1 atom stereocenters. The molecular weight excluding hydrogens is 438 g/mol. The second-order valence-corrected chi connectivity index (χ2v) is 8.35. The van der Waals surface area contributed by atoms with Gasteiger partial charge in [0.1, 0.15) is 11.5 Å². The first kappa shape index (κ1) is 22.8. The van der Waals surface area contributed by atoms with Crippen molar-refractivity contribution in [3.8, 4) is 17.6 Å². The summed E-state index contributed by atoms with van der Waals surface area (Å²) in [6, 6.07) is 12.8. The fourth-order valence-corrected chi connectivity index (χ4v) is 4.41. The Kier molecular flexibility index (Phi) is 7.66. The molecule has 0 unspecified atom stereocenters. The Morgan fingerprint density at radius 1 is 1.29 bits per heavy atom. The summed E-state index contributed by atoms with van der Waals surface area (Å²) >= 11 is 7.75. The van der Waals surface area contributed by atoms with Gasteiger partial charge in [0.25, 0.3) is 0 Å². The van der Waals surface area contributed by atoms with Gasteiger partial charge in [-0.2, -0.15) is 5.26 Å². The topological polar surface area (TPSA) is 91.7 Å². The Morgan fingerprint density at radius 2 is 2.03 bits per heavy atom. The van der Waals surface area contributed by atoms with E-state index in [-0.39, 0.29) is 24.8 Å². The number of methoxy groups -OCH3 is 2. The van der Waals surface area contributed by atoms with Crippen LogP contribution in [0.5, 0.6) is 11.5 Å². The van der Waals surface area contributed by atoms with Gasteiger partial charge >= 0.3 is 0 Å². The number of nitrogens with one attached hydrogen (secondary N) is 1. The third kappa shape index (κ3) is 5.24. The molecule has 0 spiro atoms. The molecule has 0 aromatic heterocycles. The van der Waals surface area contributed by atoms with Gasteiger partial charge in [0, 0.05) is 36.1 Å². The van der Waals surface area contributed by atoms with Crippen molar-refractivity contribution in [1.29, 1.82) is 5.26 Å². The van der Waals surface area contributed by atoms with E-state index in [0.717, 1.165) is 4.90 Å². The lowest BCUT2D eigenvalue weighted by molar-refractivity contribution is -0.122. The van der Waals surface area contributed by atoms with E-state index in [1.54, 1.807) is 12.1 Å². The average molecular weight is 460 g/mol. The van der Waals surface area contributed by atoms with Gasteiger partial charge in [-0.3, -0.25) is 9.59 Å². The third-order valence-electron chi connectivity index (χ3n) is 4.86. The Balaban J connectivity index is 1.75. The number of anilines is 2. The van der Waals surface area contributed by atoms with Gasteiger partial charge in [-0.1, -0.05) is 23.7 Å². The van der Waals surface area contributed by atoms with Crippen molar-refractivity contribution in [3.63, 3.8) is 0 Å². The zero-order valence-electron chi connectivity index (χ0n) is 17.2. The number of halogens is 1. The van der Waals surface area contributed by atoms with E-state index in [9.17, 15) is 9.59 Å². The molecule has 1 fully saturated rings. The lowest BCUT2D eigenvalue weighted by Gasteiger charge is -2.21. The largest absolute Gasteiger partial charge is 0.495 e. The number of nitriles is 1. The van der Waals surface area contributed by atoms with Crippen molar-refractivity contribution in [2.45, 2.75) is 17.7 Å². The van der Waals surface area contributed by atoms with Crippen molar-refractivity contribution in [1.82, 2.24) is 0 Å². The summed E-state index contributed by atoms with van der Waals surface area (Å²) < 4.78 is 10.6. The SMILES string of the molecule is COc1cc(OC)c(N2C[C@@H](C(=O)Nc3ccccc3SCCC#N)CC2=O)cc1Cl. The average Bonchev–Trinajstić information content (AvgIpc) is 3.16. The number of amides is 2. The predicted molar refractivity (Wildman–Crippen MR) is 121 cm³/mol. The molecule has 162 valence electrons. The molecule has 9 heteroatoms. The van der Waals surface area contributed by atoms with Gasteiger partial charge < -0.3 is 19.7 Å². The number of para-hydroxylation sites is 1. The fraction of sp³-hybridized carbons (Fsp3) is 0.318. The van der Waals surface area contributed by atoms with Crippen molar-refractivity contribution in [3.05, 3.63) is 41.4 Å². The summed E-state index contributed by atoms with van der Waals surface area (Å²) in [4.78, 5) is 28.0. The summed E-state index contributed by atoms with van der Waals surface area (Å²) in [5.41, 5.74) is 1.17. The van der Waals surface area contributed by atoms with Gasteiger partial charge in [0.2, 0.25) is 11.8 Å². The number of benzene rings is 2. The molecule has 1 N–H and O–H groups in total. The van der Waals surface area contributed by atoms with E-state index in [1.807, 2.05) is 24.3 Å². The molecule has 7 nitrogen and oxygen atoms in total. The van der Waals surface area contributed by atoms with Crippen molar-refractivity contribution >= 4 is 46.6 Å². The number of rotatable bonds is 8. The van der Waals surface area contributed by atoms with E-state index in [0.29, 0.717) is 40.1 Å². The molecule has 2 aromatic rings. The van der Waals surface area contributed by atoms with Gasteiger partial charge in [0.05, 0.1) is 42.6 Å². The number of carbonyl (C=O) groups is 2. The smallest absolute Gasteiger partial charge is 0.229 e. The van der Waals surface area contributed by atoms with Crippen LogP contribution in [0.1, 0.15) is 12.8 Å². The van der Waals surface area contributed by atoms with Crippen LogP contribution >= 0.6 is 23.4 Å². The molecule has 1 aliphatic rings. The van der Waals surface area contributed by atoms with Crippen LogP contribution in [0.3, 0.4) is 0 Å². The maximum absolute atomic E-state index is 12.9. The highest BCUT2D eigenvalue weighted by molar-refractivity contribution is 7.99. The van der Waals surface area contributed by atoms with Gasteiger partial charge in [0.15, 0.2) is 0 Å². The molecule has 2 amide bonds. The Morgan fingerprint density at radius 3 is 2.74 bits per heavy atom. The first-order valence-corrected chi connectivity index (χ1v) is 11.0. The zero-order valence-corrected chi connectivity index (χ0v) is 18.8. The maximum atomic E-state index is 12.9. The fourth-order valence-electron chi connectivity index (χ4n) is 3.31. The van der Waals surface area contributed by atoms with Gasteiger partial charge in [-0.05, 0) is 18.2 Å². The summed E-state index contributed by atoms with van der Waals surface area (Å²) in [7, 11) is 3.00. The molecular formula is C22H22ClN3O4S. The van der Waals surface area contributed by atoms with E-state index in [4.69, 9.17) is 26.3 Å². The molecule has 0 bridgehead atoms. The number of nitrogens with zero attached hydrogens (tertiary/aromatic N) is 2. The lowest BCUT2D eigenvalue weighted by Crippen LogP contribution is -2.28. The molecule has 1 aliphatic heterocycles. The Hall–Kier alpha value is -2.89. The van der Waals surface area contributed by atoms with Crippen LogP contribution in [0.15, 0.2) is 41.3 Å². The molecule has 1 saturated heterocycles. The first-order valence-electron chi connectivity index (χ1n) is 9.60. The van der Waals surface area contributed by atoms with E-state index in [2.05, 4.69) is 11.4 Å². The highest BCUT2D eigenvalue weighted by atomic mass is 35.5. The van der Waals surface area contributed by atoms with Gasteiger partial charge in [-0.15, -0.1) is 11.8 Å².